The van der Waals surface area contributed by atoms with Crippen LogP contribution in [0.15, 0.2) is 182 Å². The van der Waals surface area contributed by atoms with E-state index < -0.39 is 0 Å². The summed E-state index contributed by atoms with van der Waals surface area (Å²) in [6.45, 7) is 0. The molecule has 8 aromatic carbocycles. The Kier molecular flexibility index (Phi) is 6.52. The molecule has 0 amide bonds. The number of allylic oxidation sites excluding steroid dienone is 1. The van der Waals surface area contributed by atoms with Crippen molar-refractivity contribution in [3.63, 3.8) is 0 Å². The number of hydrogen-bond acceptors (Lipinski definition) is 1. The monoisotopic (exact) mass is 705 g/mol. The van der Waals surface area contributed by atoms with Gasteiger partial charge in [0.15, 0.2) is 0 Å². The highest BCUT2D eigenvalue weighted by Gasteiger charge is 2.41. The van der Waals surface area contributed by atoms with E-state index in [0.717, 1.165) is 6.42 Å². The third kappa shape index (κ3) is 4.38. The molecule has 10 aromatic rings. The van der Waals surface area contributed by atoms with Crippen LogP contribution in [0, 0.1) is 0 Å². The van der Waals surface area contributed by atoms with Gasteiger partial charge in [-0.1, -0.05) is 146 Å². The van der Waals surface area contributed by atoms with Crippen LogP contribution in [0.25, 0.3) is 64.7 Å². The molecule has 0 fully saturated rings. The number of nitrogens with zero attached hydrogens (tertiary/aromatic N) is 1. The molecule has 0 saturated heterocycles. The fraction of sp³-hybridized carbons (Fsp3) is 0.0769. The highest BCUT2D eigenvalue weighted by molar-refractivity contribution is 7.20. The van der Waals surface area contributed by atoms with Crippen molar-refractivity contribution in [3.8, 4) is 5.69 Å². The van der Waals surface area contributed by atoms with E-state index in [4.69, 9.17) is 0 Å². The molecule has 1 nitrogen and oxygen atoms in total. The third-order valence-electron chi connectivity index (χ3n) is 12.4. The van der Waals surface area contributed by atoms with Crippen LogP contribution in [0.4, 0.5) is 0 Å². The smallest absolute Gasteiger partial charge is 0.0541 e. The Morgan fingerprint density at radius 1 is 0.481 bits per heavy atom. The minimum absolute atomic E-state index is 0.294. The molecule has 2 heterocycles. The number of benzene rings is 8. The zero-order valence-corrected chi connectivity index (χ0v) is 30.4. The molecule has 0 N–H and O–H groups in total. The molecule has 2 aliphatic rings. The van der Waals surface area contributed by atoms with Crippen molar-refractivity contribution in [3.05, 3.63) is 215 Å². The molecule has 2 aliphatic carbocycles. The van der Waals surface area contributed by atoms with Gasteiger partial charge >= 0.3 is 0 Å². The fourth-order valence-corrected chi connectivity index (χ4v) is 11.4. The highest BCUT2D eigenvalue weighted by atomic mass is 32.1. The number of rotatable bonds is 3. The summed E-state index contributed by atoms with van der Waals surface area (Å²) in [6, 6.07) is 65.9. The van der Waals surface area contributed by atoms with E-state index in [1.165, 1.54) is 97.4 Å². The summed E-state index contributed by atoms with van der Waals surface area (Å²) in [5.41, 5.74) is 12.3. The van der Waals surface area contributed by atoms with Crippen LogP contribution in [0.3, 0.4) is 0 Å². The standard InChI is InChI=1S/C52H35NS/c1-2-14-34-28-36(26-24-32(34)12-1)53-48-22-9-7-19-41(48)46-29-35(25-27-49(46)53)43-30-45-40-18-6-5-17-39(40)44(38-21-11-15-33-13-3-4-16-37(33)38)31-47(45)51-42-20-8-10-23-50(42)54-52(43)51/h1-30,44-45,47H,31H2. The molecule has 0 radical (unpaired) electrons. The molecule has 0 aliphatic heterocycles. The summed E-state index contributed by atoms with van der Waals surface area (Å²) in [5, 5.41) is 9.21. The van der Waals surface area contributed by atoms with E-state index in [0.29, 0.717) is 17.8 Å². The predicted molar refractivity (Wildman–Crippen MR) is 230 cm³/mol. The first-order chi connectivity index (χ1) is 26.8. The van der Waals surface area contributed by atoms with E-state index in [-0.39, 0.29) is 0 Å². The molecule has 0 bridgehead atoms. The van der Waals surface area contributed by atoms with E-state index in [2.05, 4.69) is 187 Å². The van der Waals surface area contributed by atoms with Gasteiger partial charge in [-0.2, -0.15) is 0 Å². The Labute approximate surface area is 318 Å². The van der Waals surface area contributed by atoms with Gasteiger partial charge in [-0.05, 0) is 109 Å². The Morgan fingerprint density at radius 3 is 2.07 bits per heavy atom. The zero-order chi connectivity index (χ0) is 35.3. The number of para-hydroxylation sites is 1. The van der Waals surface area contributed by atoms with Gasteiger partial charge in [0.05, 0.1) is 11.0 Å². The molecule has 3 unspecified atom stereocenters. The lowest BCUT2D eigenvalue weighted by Crippen LogP contribution is -2.25. The number of thiophene rings is 1. The van der Waals surface area contributed by atoms with Crippen molar-refractivity contribution in [2.24, 2.45) is 0 Å². The summed E-state index contributed by atoms with van der Waals surface area (Å²) in [5.74, 6) is 1.01. The van der Waals surface area contributed by atoms with Crippen LogP contribution in [0.1, 0.15) is 56.9 Å². The van der Waals surface area contributed by atoms with E-state index >= 15 is 0 Å². The maximum Gasteiger partial charge on any atom is 0.0541 e. The van der Waals surface area contributed by atoms with E-state index in [1.807, 2.05) is 11.3 Å². The lowest BCUT2D eigenvalue weighted by atomic mass is 9.63. The minimum atomic E-state index is 0.294. The normalized spacial score (nSPS) is 17.9. The van der Waals surface area contributed by atoms with Gasteiger partial charge in [-0.15, -0.1) is 11.3 Å². The number of fused-ring (bicyclic) bond motifs is 12. The van der Waals surface area contributed by atoms with Crippen molar-refractivity contribution in [2.45, 2.75) is 24.2 Å². The van der Waals surface area contributed by atoms with E-state index in [1.54, 1.807) is 0 Å². The van der Waals surface area contributed by atoms with Gasteiger partial charge in [0.25, 0.3) is 0 Å². The molecule has 2 heteroatoms. The van der Waals surface area contributed by atoms with Gasteiger partial charge < -0.3 is 4.57 Å². The molecule has 254 valence electrons. The summed E-state index contributed by atoms with van der Waals surface area (Å²) >= 11 is 1.98. The van der Waals surface area contributed by atoms with Crippen LogP contribution >= 0.6 is 11.3 Å². The first kappa shape index (κ1) is 30.3. The molecule has 54 heavy (non-hydrogen) atoms. The predicted octanol–water partition coefficient (Wildman–Crippen LogP) is 14.2. The molecule has 2 aromatic heterocycles. The quantitative estimate of drug-likeness (QED) is 0.172. The SMILES string of the molecule is C1=C(c2ccc3c(c2)c2ccccc2n3-c2ccc3ccccc3c2)c2sc3ccccc3c2C2CC(c3cccc4ccccc34)c3ccccc3C12. The van der Waals surface area contributed by atoms with Crippen molar-refractivity contribution >= 4 is 70.3 Å². The first-order valence-corrected chi connectivity index (χ1v) is 19.9. The fourth-order valence-electron chi connectivity index (χ4n) is 10.1. The van der Waals surface area contributed by atoms with Crippen molar-refractivity contribution < 1.29 is 0 Å². The molecule has 0 spiro atoms. The second-order valence-corrected chi connectivity index (χ2v) is 16.2. The van der Waals surface area contributed by atoms with E-state index in [9.17, 15) is 0 Å². The highest BCUT2D eigenvalue weighted by Crippen LogP contribution is 2.59. The molecule has 12 rings (SSSR count). The zero-order valence-electron chi connectivity index (χ0n) is 29.6. The lowest BCUT2D eigenvalue weighted by molar-refractivity contribution is 0.497. The summed E-state index contributed by atoms with van der Waals surface area (Å²) in [7, 11) is 0. The van der Waals surface area contributed by atoms with Gasteiger partial charge in [0.2, 0.25) is 0 Å². The Bertz CT molecular complexity index is 3170. The maximum atomic E-state index is 2.64. The second-order valence-electron chi connectivity index (χ2n) is 15.2. The molecule has 3 atom stereocenters. The molecular formula is C52H35NS. The Hall–Kier alpha value is -6.22. The Balaban J connectivity index is 1.07. The number of aromatic nitrogens is 1. The van der Waals surface area contributed by atoms with Crippen LogP contribution in [-0.2, 0) is 0 Å². The average Bonchev–Trinajstić information content (AvgIpc) is 3.79. The largest absolute Gasteiger partial charge is 0.309 e. The minimum Gasteiger partial charge on any atom is -0.309 e. The average molecular weight is 706 g/mol. The van der Waals surface area contributed by atoms with Crippen molar-refractivity contribution in [1.29, 1.82) is 0 Å². The van der Waals surface area contributed by atoms with Crippen molar-refractivity contribution in [1.82, 2.24) is 4.57 Å². The summed E-state index contributed by atoms with van der Waals surface area (Å²) in [4.78, 5) is 1.44. The van der Waals surface area contributed by atoms with Crippen LogP contribution in [0.5, 0.6) is 0 Å². The lowest BCUT2D eigenvalue weighted by Gasteiger charge is -2.41. The second kappa shape index (κ2) is 11.6. The van der Waals surface area contributed by atoms with Crippen LogP contribution in [0.2, 0.25) is 0 Å². The molecular weight excluding hydrogens is 671 g/mol. The van der Waals surface area contributed by atoms with Crippen LogP contribution in [-0.4, -0.2) is 4.57 Å². The van der Waals surface area contributed by atoms with Gasteiger partial charge in [0, 0.05) is 37.9 Å². The summed E-state index contributed by atoms with van der Waals surface area (Å²) < 4.78 is 3.82. The van der Waals surface area contributed by atoms with Crippen molar-refractivity contribution in [2.75, 3.05) is 0 Å². The number of hydrogen-bond donors (Lipinski definition) is 0. The van der Waals surface area contributed by atoms with Gasteiger partial charge in [-0.25, -0.2) is 0 Å². The first-order valence-electron chi connectivity index (χ1n) is 19.1. The van der Waals surface area contributed by atoms with Gasteiger partial charge in [0.1, 0.15) is 0 Å². The van der Waals surface area contributed by atoms with Crippen LogP contribution < -0.4 is 0 Å². The van der Waals surface area contributed by atoms with Gasteiger partial charge in [-0.3, -0.25) is 0 Å². The summed E-state index contributed by atoms with van der Waals surface area (Å²) in [6.07, 6.45) is 3.73. The molecule has 0 saturated carbocycles. The maximum absolute atomic E-state index is 2.64. The topological polar surface area (TPSA) is 4.93 Å². The third-order valence-corrected chi connectivity index (χ3v) is 13.6. The Morgan fingerprint density at radius 2 is 1.17 bits per heavy atom.